The van der Waals surface area contributed by atoms with Crippen molar-refractivity contribution >= 4 is 16.7 Å². The molecule has 1 amide bonds. The van der Waals surface area contributed by atoms with Crippen LogP contribution in [0.4, 0.5) is 0 Å². The summed E-state index contributed by atoms with van der Waals surface area (Å²) in [5, 5.41) is 2.80. The van der Waals surface area contributed by atoms with Gasteiger partial charge in [0.15, 0.2) is 0 Å². The second kappa shape index (κ2) is 8.32. The number of nitrogens with one attached hydrogen (secondary N) is 1. The van der Waals surface area contributed by atoms with Crippen LogP contribution < -0.4 is 5.32 Å². The maximum Gasteiger partial charge on any atom is 0.232 e. The second-order valence-electron chi connectivity index (χ2n) is 6.38. The van der Waals surface area contributed by atoms with E-state index in [1.54, 1.807) is 0 Å². The number of amides is 1. The van der Waals surface area contributed by atoms with Gasteiger partial charge in [0, 0.05) is 23.1 Å². The summed E-state index contributed by atoms with van der Waals surface area (Å²) in [5.41, 5.74) is 2.40. The van der Waals surface area contributed by atoms with E-state index in [4.69, 9.17) is 0 Å². The fourth-order valence-corrected chi connectivity index (χ4v) is 3.00. The van der Waals surface area contributed by atoms with Crippen LogP contribution in [0.1, 0.15) is 51.7 Å². The number of carbonyl (C=O) groups is 1. The third-order valence-corrected chi connectivity index (χ3v) is 4.53. The van der Waals surface area contributed by atoms with Crippen LogP contribution in [0, 0.1) is 0 Å². The van der Waals surface area contributed by atoms with Gasteiger partial charge in [0.25, 0.3) is 0 Å². The predicted molar refractivity (Wildman–Crippen MR) is 89.8 cm³/mol. The largest absolute Gasteiger partial charge is 0.355 e. The molecule has 0 aliphatic heterocycles. The van der Waals surface area contributed by atoms with Crippen molar-refractivity contribution in [2.24, 2.45) is 0 Å². The zero-order valence-electron chi connectivity index (χ0n) is 13.6. The summed E-state index contributed by atoms with van der Waals surface area (Å²) >= 11 is 0. The summed E-state index contributed by atoms with van der Waals surface area (Å²) in [6, 6.07) is 8.17. The van der Waals surface area contributed by atoms with Crippen molar-refractivity contribution in [2.45, 2.75) is 51.7 Å². The maximum absolute atomic E-state index is 12.0. The molecule has 1 aromatic carbocycles. The number of hydrogen-bond acceptors (Lipinski definition) is 2. The molecule has 0 heterocycles. The predicted octanol–water partition coefficient (Wildman–Crippen LogP) is 3.15. The first-order valence-electron chi connectivity index (χ1n) is 7.54. The van der Waals surface area contributed by atoms with E-state index >= 15 is 0 Å². The first kappa shape index (κ1) is 17.9. The number of carbonyl (C=O) groups excluding carboxylic acids is 1. The van der Waals surface area contributed by atoms with E-state index in [1.807, 2.05) is 12.1 Å². The van der Waals surface area contributed by atoms with Crippen molar-refractivity contribution in [3.05, 3.63) is 35.4 Å². The summed E-state index contributed by atoms with van der Waals surface area (Å²) in [6.07, 6.45) is 2.01. The molecule has 1 atom stereocenters. The van der Waals surface area contributed by atoms with E-state index in [2.05, 4.69) is 45.1 Å². The molecular weight excluding hydrogens is 282 g/mol. The molecule has 0 unspecified atom stereocenters. The molecule has 0 saturated heterocycles. The Morgan fingerprint density at radius 3 is 2.33 bits per heavy atom. The van der Waals surface area contributed by atoms with Crippen LogP contribution in [0.3, 0.4) is 0 Å². The van der Waals surface area contributed by atoms with E-state index < -0.39 is 10.8 Å². The molecule has 0 aromatic heterocycles. The lowest BCUT2D eigenvalue weighted by Gasteiger charge is -2.19. The summed E-state index contributed by atoms with van der Waals surface area (Å²) in [6.45, 7) is 9.25. The molecule has 0 radical (unpaired) electrons. The van der Waals surface area contributed by atoms with E-state index in [1.165, 1.54) is 5.56 Å². The van der Waals surface area contributed by atoms with E-state index in [-0.39, 0.29) is 17.1 Å². The van der Waals surface area contributed by atoms with Crippen molar-refractivity contribution < 1.29 is 9.00 Å². The molecular formula is C17H27NO2S. The number of benzene rings is 1. The first-order valence-corrected chi connectivity index (χ1v) is 9.03. The average molecular weight is 309 g/mol. The maximum atomic E-state index is 12.0. The van der Waals surface area contributed by atoms with Crippen LogP contribution in [0.2, 0.25) is 0 Å². The molecule has 0 saturated carbocycles. The Morgan fingerprint density at radius 2 is 1.81 bits per heavy atom. The number of rotatable bonds is 7. The van der Waals surface area contributed by atoms with E-state index in [0.29, 0.717) is 12.3 Å². The van der Waals surface area contributed by atoms with Crippen LogP contribution in [-0.2, 0) is 26.8 Å². The SMILES string of the molecule is CCCCNC(=O)C[S@](=O)Cc1ccc(C(C)(C)C)cc1. The molecule has 0 aliphatic carbocycles. The van der Waals surface area contributed by atoms with Gasteiger partial charge in [0.1, 0.15) is 5.75 Å². The molecule has 0 bridgehead atoms. The number of hydrogen-bond donors (Lipinski definition) is 1. The molecule has 0 spiro atoms. The van der Waals surface area contributed by atoms with Crippen molar-refractivity contribution in [1.29, 1.82) is 0 Å². The Hall–Kier alpha value is -1.16. The highest BCUT2D eigenvalue weighted by atomic mass is 32.2. The van der Waals surface area contributed by atoms with E-state index in [9.17, 15) is 9.00 Å². The summed E-state index contributed by atoms with van der Waals surface area (Å²) in [5.74, 6) is 0.407. The lowest BCUT2D eigenvalue weighted by molar-refractivity contribution is -0.118. The van der Waals surface area contributed by atoms with Gasteiger partial charge in [0.05, 0.1) is 0 Å². The molecule has 21 heavy (non-hydrogen) atoms. The Bertz CT molecular complexity index is 475. The molecule has 1 rings (SSSR count). The minimum absolute atomic E-state index is 0.0880. The highest BCUT2D eigenvalue weighted by Gasteiger charge is 2.13. The molecule has 4 heteroatoms. The van der Waals surface area contributed by atoms with Gasteiger partial charge >= 0.3 is 0 Å². The Balaban J connectivity index is 2.46. The third-order valence-electron chi connectivity index (χ3n) is 3.29. The summed E-state index contributed by atoms with van der Waals surface area (Å²) in [4.78, 5) is 11.6. The first-order chi connectivity index (χ1) is 9.82. The van der Waals surface area contributed by atoms with Crippen LogP contribution in [0.5, 0.6) is 0 Å². The summed E-state index contributed by atoms with van der Waals surface area (Å²) in [7, 11) is -1.15. The highest BCUT2D eigenvalue weighted by Crippen LogP contribution is 2.22. The van der Waals surface area contributed by atoms with Crippen LogP contribution in [-0.4, -0.2) is 22.4 Å². The van der Waals surface area contributed by atoms with Gasteiger partial charge in [0.2, 0.25) is 5.91 Å². The minimum Gasteiger partial charge on any atom is -0.355 e. The van der Waals surface area contributed by atoms with Gasteiger partial charge in [-0.1, -0.05) is 58.4 Å². The molecule has 118 valence electrons. The molecule has 0 fully saturated rings. The standard InChI is InChI=1S/C17H27NO2S/c1-5-6-11-18-16(19)13-21(20)12-14-7-9-15(10-8-14)17(2,3)4/h7-10H,5-6,11-13H2,1-4H3,(H,18,19)/t21-/m1/s1. The Morgan fingerprint density at radius 1 is 1.19 bits per heavy atom. The third kappa shape index (κ3) is 6.89. The molecule has 1 N–H and O–H groups in total. The van der Waals surface area contributed by atoms with Crippen molar-refractivity contribution in [1.82, 2.24) is 5.32 Å². The fraction of sp³-hybridized carbons (Fsp3) is 0.588. The van der Waals surface area contributed by atoms with Crippen molar-refractivity contribution in [3.8, 4) is 0 Å². The molecule has 1 aromatic rings. The monoisotopic (exact) mass is 309 g/mol. The van der Waals surface area contributed by atoms with Crippen LogP contribution >= 0.6 is 0 Å². The second-order valence-corrected chi connectivity index (χ2v) is 7.84. The quantitative estimate of drug-likeness (QED) is 0.787. The molecule has 0 aliphatic rings. The Kier molecular flexibility index (Phi) is 7.09. The van der Waals surface area contributed by atoms with Crippen LogP contribution in [0.15, 0.2) is 24.3 Å². The Labute approximate surface area is 131 Å². The van der Waals surface area contributed by atoms with Gasteiger partial charge in [-0.15, -0.1) is 0 Å². The highest BCUT2D eigenvalue weighted by molar-refractivity contribution is 7.84. The van der Waals surface area contributed by atoms with Crippen molar-refractivity contribution in [3.63, 3.8) is 0 Å². The summed E-state index contributed by atoms with van der Waals surface area (Å²) < 4.78 is 12.0. The van der Waals surface area contributed by atoms with Crippen molar-refractivity contribution in [2.75, 3.05) is 12.3 Å². The lowest BCUT2D eigenvalue weighted by Crippen LogP contribution is -2.29. The van der Waals surface area contributed by atoms with E-state index in [0.717, 1.165) is 18.4 Å². The van der Waals surface area contributed by atoms with Gasteiger partial charge < -0.3 is 5.32 Å². The fourth-order valence-electron chi connectivity index (χ4n) is 1.94. The number of unbranched alkanes of at least 4 members (excludes halogenated alkanes) is 1. The van der Waals surface area contributed by atoms with Crippen LogP contribution in [0.25, 0.3) is 0 Å². The zero-order chi connectivity index (χ0) is 15.9. The lowest BCUT2D eigenvalue weighted by atomic mass is 9.87. The molecule has 3 nitrogen and oxygen atoms in total. The average Bonchev–Trinajstić information content (AvgIpc) is 2.38. The minimum atomic E-state index is -1.15. The van der Waals surface area contributed by atoms with Gasteiger partial charge in [-0.05, 0) is 23.0 Å². The topological polar surface area (TPSA) is 46.2 Å². The smallest absolute Gasteiger partial charge is 0.232 e. The van der Waals surface area contributed by atoms with Gasteiger partial charge in [-0.2, -0.15) is 0 Å². The zero-order valence-corrected chi connectivity index (χ0v) is 14.4. The normalized spacial score (nSPS) is 13.0. The van der Waals surface area contributed by atoms with Gasteiger partial charge in [-0.3, -0.25) is 9.00 Å². The van der Waals surface area contributed by atoms with Gasteiger partial charge in [-0.25, -0.2) is 0 Å².